The monoisotopic (exact) mass is 351 g/mol. The predicted molar refractivity (Wildman–Crippen MR) is 83.0 cm³/mol. The summed E-state index contributed by atoms with van der Waals surface area (Å²) < 4.78 is 38.7. The number of carbonyl (C=O) groups excluding carboxylic acids is 1. The van der Waals surface area contributed by atoms with Crippen LogP contribution < -0.4 is 4.90 Å². The van der Waals surface area contributed by atoms with Gasteiger partial charge >= 0.3 is 6.18 Å². The lowest BCUT2D eigenvalue weighted by atomic mass is 10.1. The number of anilines is 1. The third-order valence-electron chi connectivity index (χ3n) is 4.95. The maximum Gasteiger partial charge on any atom is 0.416 e. The van der Waals surface area contributed by atoms with E-state index in [1.54, 1.807) is 11.1 Å². The van der Waals surface area contributed by atoms with Crippen LogP contribution in [0.4, 0.5) is 19.0 Å². The van der Waals surface area contributed by atoms with Gasteiger partial charge in [0.15, 0.2) is 0 Å². The van der Waals surface area contributed by atoms with Crippen molar-refractivity contribution in [1.29, 1.82) is 0 Å². The number of pyridine rings is 1. The van der Waals surface area contributed by atoms with E-state index < -0.39 is 11.7 Å². The highest BCUT2D eigenvalue weighted by atomic mass is 19.4. The molecule has 9 heteroatoms. The molecule has 2 saturated heterocycles. The molecule has 0 spiro atoms. The van der Waals surface area contributed by atoms with Gasteiger partial charge in [-0.3, -0.25) is 9.89 Å². The molecule has 2 fully saturated rings. The van der Waals surface area contributed by atoms with Crippen LogP contribution in [-0.4, -0.2) is 51.7 Å². The molecule has 2 aliphatic heterocycles. The molecule has 0 saturated carbocycles. The number of halogens is 3. The Bertz CT molecular complexity index is 776. The van der Waals surface area contributed by atoms with Gasteiger partial charge in [-0.25, -0.2) is 4.98 Å². The van der Waals surface area contributed by atoms with Gasteiger partial charge in [-0.2, -0.15) is 18.3 Å². The Morgan fingerprint density at radius 3 is 2.88 bits per heavy atom. The Balaban J connectivity index is 1.53. The van der Waals surface area contributed by atoms with E-state index >= 15 is 0 Å². The molecular weight excluding hydrogens is 335 g/mol. The Morgan fingerprint density at radius 1 is 1.32 bits per heavy atom. The molecule has 2 aromatic rings. The number of aromatic nitrogens is 3. The molecular formula is C16H16F3N5O. The number of alkyl halides is 3. The average Bonchev–Trinajstić information content (AvgIpc) is 3.30. The molecule has 2 aromatic heterocycles. The number of nitrogens with zero attached hydrogens (tertiary/aromatic N) is 4. The van der Waals surface area contributed by atoms with Crippen molar-refractivity contribution in [1.82, 2.24) is 20.1 Å². The van der Waals surface area contributed by atoms with Crippen molar-refractivity contribution in [2.75, 3.05) is 24.5 Å². The van der Waals surface area contributed by atoms with E-state index in [-0.39, 0.29) is 17.9 Å². The minimum absolute atomic E-state index is 0.0151. The van der Waals surface area contributed by atoms with Crippen LogP contribution in [0.3, 0.4) is 0 Å². The number of amides is 1. The van der Waals surface area contributed by atoms with Crippen LogP contribution in [0.25, 0.3) is 0 Å². The number of rotatable bonds is 2. The smallest absolute Gasteiger partial charge is 0.354 e. The fourth-order valence-electron chi connectivity index (χ4n) is 3.70. The highest BCUT2D eigenvalue weighted by molar-refractivity contribution is 5.94. The second-order valence-electron chi connectivity index (χ2n) is 6.41. The maximum absolute atomic E-state index is 12.9. The molecule has 0 radical (unpaired) electrons. The number of hydrogen-bond acceptors (Lipinski definition) is 4. The highest BCUT2D eigenvalue weighted by Crippen LogP contribution is 2.36. The Labute approximate surface area is 141 Å². The van der Waals surface area contributed by atoms with Crippen LogP contribution >= 0.6 is 0 Å². The summed E-state index contributed by atoms with van der Waals surface area (Å²) in [5, 5.41) is 6.42. The molecule has 2 atom stereocenters. The zero-order valence-corrected chi connectivity index (χ0v) is 13.2. The summed E-state index contributed by atoms with van der Waals surface area (Å²) in [5.74, 6) is 0.451. The Kier molecular flexibility index (Phi) is 3.66. The van der Waals surface area contributed by atoms with E-state index in [1.807, 2.05) is 4.90 Å². The minimum Gasteiger partial charge on any atom is -0.354 e. The standard InChI is InChI=1S/C16H16F3N5O/c17-16(18,19)12-1-3-20-14(5-12)23-8-10-2-4-24(13(10)9-23)15(25)11-6-21-22-7-11/h1,3,5-7,10,13H,2,4,8-9H2,(H,21,22). The molecule has 4 heterocycles. The van der Waals surface area contributed by atoms with Crippen LogP contribution in [0.1, 0.15) is 22.3 Å². The number of H-pyrrole nitrogens is 1. The number of nitrogens with one attached hydrogen (secondary N) is 1. The summed E-state index contributed by atoms with van der Waals surface area (Å²) in [7, 11) is 0. The van der Waals surface area contributed by atoms with Gasteiger partial charge in [-0.05, 0) is 18.6 Å². The summed E-state index contributed by atoms with van der Waals surface area (Å²) >= 11 is 0. The van der Waals surface area contributed by atoms with Gasteiger partial charge < -0.3 is 9.80 Å². The van der Waals surface area contributed by atoms with Gasteiger partial charge in [0.05, 0.1) is 23.4 Å². The fraction of sp³-hybridized carbons (Fsp3) is 0.438. The molecule has 2 aliphatic rings. The molecule has 1 amide bonds. The number of fused-ring (bicyclic) bond motifs is 1. The fourth-order valence-corrected chi connectivity index (χ4v) is 3.70. The number of likely N-dealkylation sites (tertiary alicyclic amines) is 1. The lowest BCUT2D eigenvalue weighted by Gasteiger charge is -2.25. The second kappa shape index (κ2) is 5.75. The zero-order chi connectivity index (χ0) is 17.6. The molecule has 0 bridgehead atoms. The van der Waals surface area contributed by atoms with E-state index in [0.717, 1.165) is 18.6 Å². The molecule has 0 aliphatic carbocycles. The zero-order valence-electron chi connectivity index (χ0n) is 13.2. The van der Waals surface area contributed by atoms with Crippen LogP contribution in [0.5, 0.6) is 0 Å². The SMILES string of the molecule is O=C(c1cn[nH]c1)N1CCC2CN(c3cc(C(F)(F)F)ccn3)CC21. The number of aromatic amines is 1. The van der Waals surface area contributed by atoms with Crippen molar-refractivity contribution in [3.8, 4) is 0 Å². The van der Waals surface area contributed by atoms with Crippen molar-refractivity contribution < 1.29 is 18.0 Å². The van der Waals surface area contributed by atoms with E-state index in [1.165, 1.54) is 12.4 Å². The molecule has 0 aromatic carbocycles. The van der Waals surface area contributed by atoms with Crippen LogP contribution in [0, 0.1) is 5.92 Å². The van der Waals surface area contributed by atoms with Crippen LogP contribution in [0.2, 0.25) is 0 Å². The second-order valence-corrected chi connectivity index (χ2v) is 6.41. The third kappa shape index (κ3) is 2.83. The topological polar surface area (TPSA) is 65.1 Å². The molecule has 132 valence electrons. The lowest BCUT2D eigenvalue weighted by molar-refractivity contribution is -0.137. The van der Waals surface area contributed by atoms with Crippen molar-refractivity contribution in [2.45, 2.75) is 18.6 Å². The molecule has 4 rings (SSSR count). The first kappa shape index (κ1) is 15.9. The van der Waals surface area contributed by atoms with E-state index in [9.17, 15) is 18.0 Å². The van der Waals surface area contributed by atoms with Crippen LogP contribution in [-0.2, 0) is 6.18 Å². The van der Waals surface area contributed by atoms with Crippen molar-refractivity contribution in [2.24, 2.45) is 5.92 Å². The summed E-state index contributed by atoms with van der Waals surface area (Å²) in [6.45, 7) is 1.75. The number of hydrogen-bond donors (Lipinski definition) is 1. The van der Waals surface area contributed by atoms with Gasteiger partial charge in [0.2, 0.25) is 0 Å². The Morgan fingerprint density at radius 2 is 2.16 bits per heavy atom. The first-order valence-electron chi connectivity index (χ1n) is 8.01. The average molecular weight is 351 g/mol. The molecule has 6 nitrogen and oxygen atoms in total. The largest absolute Gasteiger partial charge is 0.416 e. The molecule has 25 heavy (non-hydrogen) atoms. The van der Waals surface area contributed by atoms with Gasteiger partial charge in [0.1, 0.15) is 5.82 Å². The van der Waals surface area contributed by atoms with Gasteiger partial charge in [-0.15, -0.1) is 0 Å². The maximum atomic E-state index is 12.9. The van der Waals surface area contributed by atoms with Crippen molar-refractivity contribution >= 4 is 11.7 Å². The summed E-state index contributed by atoms with van der Waals surface area (Å²) in [6.07, 6.45) is 0.661. The van der Waals surface area contributed by atoms with Gasteiger partial charge in [0, 0.05) is 37.9 Å². The third-order valence-corrected chi connectivity index (χ3v) is 4.95. The predicted octanol–water partition coefficient (Wildman–Crippen LogP) is 2.17. The lowest BCUT2D eigenvalue weighted by Crippen LogP contribution is -2.39. The highest BCUT2D eigenvalue weighted by Gasteiger charge is 2.44. The summed E-state index contributed by atoms with van der Waals surface area (Å²) in [6, 6.07) is 2.03. The number of carbonyl (C=O) groups is 1. The van der Waals surface area contributed by atoms with E-state index in [2.05, 4.69) is 15.2 Å². The van der Waals surface area contributed by atoms with Gasteiger partial charge in [0.25, 0.3) is 5.91 Å². The van der Waals surface area contributed by atoms with Crippen molar-refractivity contribution in [3.63, 3.8) is 0 Å². The quantitative estimate of drug-likeness (QED) is 0.901. The van der Waals surface area contributed by atoms with E-state index in [4.69, 9.17) is 0 Å². The first-order valence-corrected chi connectivity index (χ1v) is 8.01. The molecule has 1 N–H and O–H groups in total. The van der Waals surface area contributed by atoms with Crippen LogP contribution in [0.15, 0.2) is 30.7 Å². The Hall–Kier alpha value is -2.58. The van der Waals surface area contributed by atoms with Gasteiger partial charge in [-0.1, -0.05) is 0 Å². The first-order chi connectivity index (χ1) is 11.9. The summed E-state index contributed by atoms with van der Waals surface area (Å²) in [5.41, 5.74) is -0.211. The van der Waals surface area contributed by atoms with E-state index in [0.29, 0.717) is 31.0 Å². The molecule has 2 unspecified atom stereocenters. The minimum atomic E-state index is -4.39. The normalized spacial score (nSPS) is 23.2. The summed E-state index contributed by atoms with van der Waals surface area (Å²) in [4.78, 5) is 20.3. The van der Waals surface area contributed by atoms with Crippen molar-refractivity contribution in [3.05, 3.63) is 41.9 Å².